The van der Waals surface area contributed by atoms with Crippen molar-refractivity contribution >= 4 is 17.5 Å². The second-order valence-corrected chi connectivity index (χ2v) is 5.28. The van der Waals surface area contributed by atoms with E-state index in [4.69, 9.17) is 5.73 Å². The zero-order chi connectivity index (χ0) is 16.9. The van der Waals surface area contributed by atoms with E-state index in [1.807, 2.05) is 24.3 Å². The van der Waals surface area contributed by atoms with Gasteiger partial charge in [0.2, 0.25) is 11.9 Å². The van der Waals surface area contributed by atoms with Crippen LogP contribution in [0.5, 0.6) is 5.75 Å². The standard InChI is InChI=1S/C18H16N4O2/c19-17(24)11-12-2-1-3-13(10-12)16-8-9-20-18(22-16)21-14-4-6-15(23)7-5-14/h1-10,23H,11H2,(H2,19,24)(H,20,21,22). The van der Waals surface area contributed by atoms with Gasteiger partial charge in [0.15, 0.2) is 0 Å². The first-order chi connectivity index (χ1) is 11.6. The number of aromatic nitrogens is 2. The molecule has 4 N–H and O–H groups in total. The Morgan fingerprint density at radius 1 is 1.12 bits per heavy atom. The topological polar surface area (TPSA) is 101 Å². The van der Waals surface area contributed by atoms with Gasteiger partial charge >= 0.3 is 0 Å². The van der Waals surface area contributed by atoms with E-state index >= 15 is 0 Å². The quantitative estimate of drug-likeness (QED) is 0.627. The molecule has 0 unspecified atom stereocenters. The highest BCUT2D eigenvalue weighted by Gasteiger charge is 2.05. The molecule has 0 aliphatic carbocycles. The number of nitrogens with two attached hydrogens (primary N) is 1. The number of carbonyl (C=O) groups is 1. The molecule has 120 valence electrons. The number of anilines is 2. The van der Waals surface area contributed by atoms with Crippen LogP contribution in [0.2, 0.25) is 0 Å². The van der Waals surface area contributed by atoms with Crippen molar-refractivity contribution in [3.63, 3.8) is 0 Å². The Balaban J connectivity index is 1.85. The summed E-state index contributed by atoms with van der Waals surface area (Å²) in [6.07, 6.45) is 1.85. The molecule has 0 fully saturated rings. The molecule has 1 amide bonds. The van der Waals surface area contributed by atoms with Crippen molar-refractivity contribution in [1.82, 2.24) is 9.97 Å². The number of rotatable bonds is 5. The number of phenols is 1. The lowest BCUT2D eigenvalue weighted by Gasteiger charge is -2.08. The Bertz CT molecular complexity index is 863. The number of carbonyl (C=O) groups excluding carboxylic acids is 1. The first-order valence-corrected chi connectivity index (χ1v) is 7.37. The Labute approximate surface area is 139 Å². The van der Waals surface area contributed by atoms with Crippen LogP contribution in [-0.4, -0.2) is 21.0 Å². The van der Waals surface area contributed by atoms with Gasteiger partial charge < -0.3 is 16.2 Å². The summed E-state index contributed by atoms with van der Waals surface area (Å²) in [6.45, 7) is 0. The highest BCUT2D eigenvalue weighted by Crippen LogP contribution is 2.21. The highest BCUT2D eigenvalue weighted by molar-refractivity contribution is 5.77. The third-order valence-corrected chi connectivity index (χ3v) is 3.38. The van der Waals surface area contributed by atoms with Gasteiger partial charge in [-0.15, -0.1) is 0 Å². The van der Waals surface area contributed by atoms with Crippen molar-refractivity contribution in [1.29, 1.82) is 0 Å². The van der Waals surface area contributed by atoms with Crippen molar-refractivity contribution in [3.8, 4) is 17.0 Å². The molecule has 0 aliphatic heterocycles. The van der Waals surface area contributed by atoms with Crippen LogP contribution in [0.3, 0.4) is 0 Å². The average Bonchev–Trinajstić information content (AvgIpc) is 2.57. The number of hydrogen-bond donors (Lipinski definition) is 3. The third-order valence-electron chi connectivity index (χ3n) is 3.38. The van der Waals surface area contributed by atoms with Gasteiger partial charge in [-0.3, -0.25) is 4.79 Å². The zero-order valence-corrected chi connectivity index (χ0v) is 12.8. The summed E-state index contributed by atoms with van der Waals surface area (Å²) in [6, 6.07) is 15.9. The second-order valence-electron chi connectivity index (χ2n) is 5.28. The van der Waals surface area contributed by atoms with E-state index in [2.05, 4.69) is 15.3 Å². The monoisotopic (exact) mass is 320 g/mol. The van der Waals surface area contributed by atoms with E-state index in [0.717, 1.165) is 22.5 Å². The molecule has 6 nitrogen and oxygen atoms in total. The van der Waals surface area contributed by atoms with Crippen LogP contribution in [0.4, 0.5) is 11.6 Å². The minimum atomic E-state index is -0.371. The van der Waals surface area contributed by atoms with Crippen molar-refractivity contribution in [3.05, 3.63) is 66.4 Å². The molecule has 0 atom stereocenters. The van der Waals surface area contributed by atoms with Crippen LogP contribution < -0.4 is 11.1 Å². The lowest BCUT2D eigenvalue weighted by molar-refractivity contribution is -0.117. The zero-order valence-electron chi connectivity index (χ0n) is 12.8. The Kier molecular flexibility index (Phi) is 4.38. The van der Waals surface area contributed by atoms with Gasteiger partial charge in [-0.2, -0.15) is 0 Å². The third kappa shape index (κ3) is 3.86. The maximum absolute atomic E-state index is 11.1. The number of benzene rings is 2. The smallest absolute Gasteiger partial charge is 0.227 e. The van der Waals surface area contributed by atoms with Gasteiger partial charge in [-0.05, 0) is 42.0 Å². The fourth-order valence-corrected chi connectivity index (χ4v) is 2.30. The summed E-state index contributed by atoms with van der Waals surface area (Å²) in [7, 11) is 0. The van der Waals surface area contributed by atoms with E-state index in [1.165, 1.54) is 0 Å². The van der Waals surface area contributed by atoms with Gasteiger partial charge in [-0.1, -0.05) is 18.2 Å². The van der Waals surface area contributed by atoms with E-state index < -0.39 is 0 Å². The molecule has 3 aromatic rings. The fourth-order valence-electron chi connectivity index (χ4n) is 2.30. The Morgan fingerprint density at radius 3 is 2.67 bits per heavy atom. The van der Waals surface area contributed by atoms with Gasteiger partial charge in [-0.25, -0.2) is 9.97 Å². The maximum atomic E-state index is 11.1. The Morgan fingerprint density at radius 2 is 1.92 bits per heavy atom. The molecule has 0 bridgehead atoms. The molecular weight excluding hydrogens is 304 g/mol. The van der Waals surface area contributed by atoms with Crippen LogP contribution in [0.25, 0.3) is 11.3 Å². The van der Waals surface area contributed by atoms with E-state index in [9.17, 15) is 9.90 Å². The summed E-state index contributed by atoms with van der Waals surface area (Å²) in [5.41, 5.74) is 8.47. The largest absolute Gasteiger partial charge is 0.508 e. The number of phenolic OH excluding ortho intramolecular Hbond substituents is 1. The average molecular weight is 320 g/mol. The van der Waals surface area contributed by atoms with Crippen molar-refractivity contribution in [2.45, 2.75) is 6.42 Å². The highest BCUT2D eigenvalue weighted by atomic mass is 16.3. The Hall–Kier alpha value is -3.41. The van der Waals surface area contributed by atoms with Crippen LogP contribution >= 0.6 is 0 Å². The SMILES string of the molecule is NC(=O)Cc1cccc(-c2ccnc(Nc3ccc(O)cc3)n2)c1. The van der Waals surface area contributed by atoms with Crippen molar-refractivity contribution in [2.24, 2.45) is 5.73 Å². The summed E-state index contributed by atoms with van der Waals surface area (Å²) in [5.74, 6) is 0.268. The van der Waals surface area contributed by atoms with Gasteiger partial charge in [0, 0.05) is 17.4 Å². The maximum Gasteiger partial charge on any atom is 0.227 e. The molecule has 1 aromatic heterocycles. The summed E-state index contributed by atoms with van der Waals surface area (Å²) >= 11 is 0. The van der Waals surface area contributed by atoms with Crippen LogP contribution in [0, 0.1) is 0 Å². The molecule has 0 aliphatic rings. The predicted octanol–water partition coefficient (Wildman–Crippen LogP) is 2.62. The summed E-state index contributed by atoms with van der Waals surface area (Å²) in [5, 5.41) is 12.4. The van der Waals surface area contributed by atoms with Crippen LogP contribution in [0.1, 0.15) is 5.56 Å². The first-order valence-electron chi connectivity index (χ1n) is 7.37. The molecule has 3 rings (SSSR count). The second kappa shape index (κ2) is 6.78. The fraction of sp³-hybridized carbons (Fsp3) is 0.0556. The van der Waals surface area contributed by atoms with E-state index in [-0.39, 0.29) is 18.1 Å². The lowest BCUT2D eigenvalue weighted by Crippen LogP contribution is -2.13. The normalized spacial score (nSPS) is 10.3. The number of nitrogens with zero attached hydrogens (tertiary/aromatic N) is 2. The number of primary amides is 1. The van der Waals surface area contributed by atoms with Gasteiger partial charge in [0.05, 0.1) is 12.1 Å². The number of nitrogens with one attached hydrogen (secondary N) is 1. The number of aromatic hydroxyl groups is 1. The predicted molar refractivity (Wildman–Crippen MR) is 91.8 cm³/mol. The van der Waals surface area contributed by atoms with Crippen molar-refractivity contribution in [2.75, 3.05) is 5.32 Å². The molecule has 6 heteroatoms. The molecule has 1 heterocycles. The van der Waals surface area contributed by atoms with Crippen molar-refractivity contribution < 1.29 is 9.90 Å². The molecule has 0 radical (unpaired) electrons. The molecule has 0 saturated carbocycles. The minimum absolute atomic E-state index is 0.192. The first kappa shape index (κ1) is 15.5. The van der Waals surface area contributed by atoms with Crippen LogP contribution in [-0.2, 0) is 11.2 Å². The number of hydrogen-bond acceptors (Lipinski definition) is 5. The van der Waals surface area contributed by atoms with Crippen LogP contribution in [0.15, 0.2) is 60.8 Å². The lowest BCUT2D eigenvalue weighted by atomic mass is 10.1. The molecule has 2 aromatic carbocycles. The number of amides is 1. The summed E-state index contributed by atoms with van der Waals surface area (Å²) < 4.78 is 0. The molecular formula is C18H16N4O2. The summed E-state index contributed by atoms with van der Waals surface area (Å²) in [4.78, 5) is 19.7. The molecule has 24 heavy (non-hydrogen) atoms. The minimum Gasteiger partial charge on any atom is -0.508 e. The van der Waals surface area contributed by atoms with E-state index in [1.54, 1.807) is 36.5 Å². The molecule has 0 spiro atoms. The van der Waals surface area contributed by atoms with Gasteiger partial charge in [0.1, 0.15) is 5.75 Å². The molecule has 0 saturated heterocycles. The van der Waals surface area contributed by atoms with Gasteiger partial charge in [0.25, 0.3) is 0 Å². The van der Waals surface area contributed by atoms with E-state index in [0.29, 0.717) is 5.95 Å².